The fourth-order valence-electron chi connectivity index (χ4n) is 12.2. The number of para-hydroxylation sites is 1. The maximum absolute atomic E-state index is 10.4. The topological polar surface area (TPSA) is 35.9 Å². The summed E-state index contributed by atoms with van der Waals surface area (Å²) in [5.74, 6) is -0.152. The number of ether oxygens (including phenoxy) is 1. The van der Waals surface area contributed by atoms with E-state index in [-0.39, 0.29) is 88.4 Å². The van der Waals surface area contributed by atoms with Crippen LogP contribution in [-0.2, 0) is 31.9 Å². The maximum Gasteiger partial charge on any atom is 0.268 e. The van der Waals surface area contributed by atoms with E-state index in [4.69, 9.17) is 30.3 Å². The maximum atomic E-state index is 10.4. The van der Waals surface area contributed by atoms with Gasteiger partial charge in [0.25, 0.3) is 6.33 Å². The Hall–Kier alpha value is -10.2. The van der Waals surface area contributed by atoms with E-state index in [0.29, 0.717) is 27.4 Å². The number of hydrogen-bond acceptors (Lipinski definition) is 2. The van der Waals surface area contributed by atoms with Crippen molar-refractivity contribution in [2.24, 2.45) is 0 Å². The van der Waals surface area contributed by atoms with Gasteiger partial charge in [-0.3, -0.25) is 4.57 Å². The van der Waals surface area contributed by atoms with Gasteiger partial charge in [0.15, 0.2) is 8.07 Å². The minimum absolute atomic E-state index is 0. The molecular formula is C89H74N4OPtSi-2. The quantitative estimate of drug-likeness (QED) is 0.0499. The standard InChI is InChI=1S/C89H74N4OSi.Pt/c1-60-29-27-30-61(2)86(60)65-45-48-81-83(53-65)91(70-35-28-36-71(56-70)94-72-46-47-77-76-43-25-26-44-80(76)93(82(77)57-72)85-49-62(3)79(58-90-85)64-33-17-11-18-34-64)59-92(81)87-78(67-50-68(88(4,5)6)55-69(51-67)89(7,8)9)52-66(63-31-15-10-16-32-63)54-84(87)95(73-37-19-12-20-38-73,74-39-21-13-22-40-74)75-41-23-14-24-42-75;/h10-55,58H,1-9H3;/q-2;/i1D3,2D3,3D3,10D,11D,12D,13D,14D,15D,16D,17D,18D,19D,20D,21D,22D,23D,24D,31D,32D,33D,34D,37D,38D,39D,40D,41D,42D;. The molecule has 0 spiro atoms. The van der Waals surface area contributed by atoms with Gasteiger partial charge in [-0.1, -0.05) is 271 Å². The zero-order valence-corrected chi connectivity index (χ0v) is 55.5. The third-order valence-corrected chi connectivity index (χ3v) is 21.0. The SMILES string of the molecule is [2H]c1c([2H])c([2H])c(-c2cc(-c3cc(C(C)(C)C)cc(C(C)(C)C)c3)c(-[n+]3[c-]n(-c4[c-]c(Oc5[c-]c6c(cc5)c5ccccc5n6-c5cc(C([2H])([2H])[2H])c(-c6c([2H])c([2H])c([2H])c([2H])c6[2H])cn5)ccc4)c4cc(-c5c(C([2H])([2H])[2H])cccc5C([2H])([2H])[2H])ccc43)c([Si](c3c([2H])c([2H])c([2H])c([2H])c3[2H])(c3c([2H])c([2H])c([2H])c([2H])c3[2H])c3c([2H])c([2H])c([2H])c([2H])c3[2H])c2)c([2H])c1[2H].[Pt]. The smallest absolute Gasteiger partial charge is 0.268 e. The summed E-state index contributed by atoms with van der Waals surface area (Å²) in [6, 6.07) is 13.5. The normalized spacial score (nSPS) is 17.4. The first-order valence-electron chi connectivity index (χ1n) is 47.1. The minimum atomic E-state index is -6.60. The molecule has 0 saturated heterocycles. The van der Waals surface area contributed by atoms with Gasteiger partial charge >= 0.3 is 0 Å². The second-order valence-corrected chi connectivity index (χ2v) is 28.2. The van der Waals surface area contributed by atoms with Crippen molar-refractivity contribution in [2.75, 3.05) is 0 Å². The number of benzene rings is 12. The van der Waals surface area contributed by atoms with Crippen LogP contribution in [0.25, 0.3) is 94.5 Å². The second-order valence-electron chi connectivity index (χ2n) is 24.7. The van der Waals surface area contributed by atoms with Gasteiger partial charge in [0.1, 0.15) is 5.82 Å². The molecular weight excluding hydrogens is 1360 g/mol. The Bertz CT molecular complexity index is 6970. The molecule has 0 aliphatic heterocycles. The van der Waals surface area contributed by atoms with Crippen LogP contribution in [-0.4, -0.2) is 22.2 Å². The first-order chi connectivity index (χ1) is 60.1. The van der Waals surface area contributed by atoms with Crippen molar-refractivity contribution < 1.29 is 77.0 Å². The summed E-state index contributed by atoms with van der Waals surface area (Å²) in [6.45, 7) is 2.36. The third kappa shape index (κ3) is 11.5. The summed E-state index contributed by atoms with van der Waals surface area (Å²) in [5.41, 5.74) is -3.64. The molecule has 12 aromatic carbocycles. The van der Waals surface area contributed by atoms with Crippen molar-refractivity contribution in [1.29, 1.82) is 0 Å². The Morgan fingerprint density at radius 1 is 0.479 bits per heavy atom. The Balaban J connectivity index is 0.0000136. The van der Waals surface area contributed by atoms with E-state index in [9.17, 15) is 26.0 Å². The number of aromatic nitrogens is 4. The van der Waals surface area contributed by atoms with Crippen LogP contribution in [0.3, 0.4) is 0 Å². The monoisotopic (exact) mass is 1470 g/mol. The van der Waals surface area contributed by atoms with Crippen LogP contribution >= 0.6 is 0 Å². The van der Waals surface area contributed by atoms with Gasteiger partial charge < -0.3 is 13.9 Å². The Morgan fingerprint density at radius 3 is 1.68 bits per heavy atom. The van der Waals surface area contributed by atoms with E-state index in [1.54, 1.807) is 53.1 Å². The molecule has 15 rings (SSSR count). The van der Waals surface area contributed by atoms with Gasteiger partial charge in [0.05, 0.1) is 51.0 Å². The molecule has 0 radical (unpaired) electrons. The molecule has 96 heavy (non-hydrogen) atoms. The van der Waals surface area contributed by atoms with Crippen molar-refractivity contribution in [2.45, 2.75) is 72.9 Å². The van der Waals surface area contributed by atoms with Gasteiger partial charge in [-0.2, -0.15) is 18.2 Å². The van der Waals surface area contributed by atoms with Gasteiger partial charge in [0, 0.05) is 62.2 Å². The fraction of sp³-hybridized carbons (Fsp3) is 0.124. The number of imidazole rings is 1. The molecule has 0 bridgehead atoms. The number of hydrogen-bond donors (Lipinski definition) is 0. The van der Waals surface area contributed by atoms with E-state index in [0.717, 1.165) is 12.3 Å². The summed E-state index contributed by atoms with van der Waals surface area (Å²) in [4.78, 5) is 4.70. The van der Waals surface area contributed by atoms with Gasteiger partial charge in [0.2, 0.25) is 0 Å². The average molecular weight is 1470 g/mol. The number of rotatable bonds is 13. The largest absolute Gasteiger partial charge is 0.510 e. The van der Waals surface area contributed by atoms with Crippen LogP contribution in [0.1, 0.15) is 116 Å². The molecule has 0 aliphatic rings. The molecule has 3 heterocycles. The zero-order chi connectivity index (χ0) is 94.4. The van der Waals surface area contributed by atoms with Gasteiger partial charge in [-0.05, 0) is 154 Å². The average Bonchev–Trinajstić information content (AvgIpc) is 0.987. The van der Waals surface area contributed by atoms with Crippen LogP contribution in [0, 0.1) is 39.0 Å². The molecule has 0 amide bonds. The van der Waals surface area contributed by atoms with Crippen LogP contribution in [0.2, 0.25) is 0 Å². The van der Waals surface area contributed by atoms with Crippen molar-refractivity contribution in [1.82, 2.24) is 14.1 Å². The molecule has 472 valence electrons. The van der Waals surface area contributed by atoms with Crippen molar-refractivity contribution >= 4 is 61.7 Å². The van der Waals surface area contributed by atoms with Gasteiger partial charge in [-0.25, -0.2) is 4.98 Å². The van der Waals surface area contributed by atoms with Crippen molar-refractivity contribution in [3.05, 3.63) is 331 Å². The predicted octanol–water partition coefficient (Wildman–Crippen LogP) is 19.2. The van der Waals surface area contributed by atoms with E-state index < -0.39 is 250 Å². The number of fused-ring (bicyclic) bond motifs is 4. The van der Waals surface area contributed by atoms with Crippen molar-refractivity contribution in [3.8, 4) is 73.2 Å². The molecule has 5 nitrogen and oxygen atoms in total. The summed E-state index contributed by atoms with van der Waals surface area (Å²) in [7, 11) is -6.60. The molecule has 7 heteroatoms. The minimum Gasteiger partial charge on any atom is -0.510 e. The molecule has 0 aliphatic carbocycles. The van der Waals surface area contributed by atoms with E-state index in [1.807, 2.05) is 47.6 Å². The molecule has 0 saturated carbocycles. The van der Waals surface area contributed by atoms with E-state index in [2.05, 4.69) is 18.5 Å². The molecule has 15 aromatic rings. The Labute approximate surface area is 627 Å². The summed E-state index contributed by atoms with van der Waals surface area (Å²) in [6.07, 6.45) is 4.56. The summed E-state index contributed by atoms with van der Waals surface area (Å²) in [5, 5.41) is -2.45. The first kappa shape index (κ1) is 35.0. The summed E-state index contributed by atoms with van der Waals surface area (Å²) >= 11 is 0. The van der Waals surface area contributed by atoms with Crippen LogP contribution in [0.15, 0.2) is 285 Å². The van der Waals surface area contributed by atoms with Crippen LogP contribution in [0.5, 0.6) is 11.5 Å². The first-order valence-corrected chi connectivity index (χ1v) is 32.1. The van der Waals surface area contributed by atoms with Crippen LogP contribution in [0.4, 0.5) is 0 Å². The Kier molecular flexibility index (Phi) is 9.28. The fourth-order valence-corrected chi connectivity index (χ4v) is 16.2. The number of aryl methyl sites for hydroxylation is 3. The van der Waals surface area contributed by atoms with E-state index >= 15 is 0 Å². The van der Waals surface area contributed by atoms with Crippen molar-refractivity contribution in [3.63, 3.8) is 0 Å². The van der Waals surface area contributed by atoms with Gasteiger partial charge in [-0.15, -0.1) is 29.7 Å². The molecule has 0 fully saturated rings. The molecule has 0 unspecified atom stereocenters. The summed E-state index contributed by atoms with van der Waals surface area (Å²) < 4.78 is 329. The third-order valence-electron chi connectivity index (χ3n) is 16.8. The Morgan fingerprint density at radius 2 is 1.06 bits per heavy atom. The number of nitrogens with zero attached hydrogens (tertiary/aromatic N) is 4. The predicted molar refractivity (Wildman–Crippen MR) is 397 cm³/mol. The second kappa shape index (κ2) is 25.5. The molecule has 0 N–H and O–H groups in total. The van der Waals surface area contributed by atoms with E-state index in [1.165, 1.54) is 75.9 Å². The number of pyridine rings is 1. The van der Waals surface area contributed by atoms with Crippen LogP contribution < -0.4 is 30.1 Å². The molecule has 0 atom stereocenters. The molecule has 3 aromatic heterocycles. The zero-order valence-electron chi connectivity index (χ0n) is 86.2.